The Bertz CT molecular complexity index is 699. The van der Waals surface area contributed by atoms with Gasteiger partial charge >= 0.3 is 0 Å². The molecule has 0 radical (unpaired) electrons. The number of thioether (sulfide) groups is 1. The van der Waals surface area contributed by atoms with Gasteiger partial charge in [-0.3, -0.25) is 0 Å². The minimum absolute atomic E-state index is 0.0676. The minimum Gasteiger partial charge on any atom is -0.411 e. The summed E-state index contributed by atoms with van der Waals surface area (Å²) in [6.07, 6.45) is -0.892. The first-order valence-electron chi connectivity index (χ1n) is 5.97. The first kappa shape index (κ1) is 13.6. The van der Waals surface area contributed by atoms with Gasteiger partial charge in [-0.15, -0.1) is 10.2 Å². The number of hydrogen-bond acceptors (Lipinski definition) is 7. The Kier molecular flexibility index (Phi) is 3.53. The van der Waals surface area contributed by atoms with E-state index in [4.69, 9.17) is 4.42 Å². The lowest BCUT2D eigenvalue weighted by molar-refractivity contribution is 0.207. The third-order valence-electron chi connectivity index (χ3n) is 2.95. The molecule has 1 fully saturated rings. The second-order valence-electron chi connectivity index (χ2n) is 4.54. The molecule has 0 spiro atoms. The minimum atomic E-state index is -3.17. The maximum absolute atomic E-state index is 11.4. The summed E-state index contributed by atoms with van der Waals surface area (Å²) in [5.74, 6) is 0.107. The molecule has 20 heavy (non-hydrogen) atoms. The van der Waals surface area contributed by atoms with E-state index in [0.717, 1.165) is 17.3 Å². The van der Waals surface area contributed by atoms with Crippen LogP contribution in [0.25, 0.3) is 11.5 Å². The summed E-state index contributed by atoms with van der Waals surface area (Å²) >= 11 is 1.11. The molecule has 0 saturated carbocycles. The zero-order chi connectivity index (χ0) is 14.2. The van der Waals surface area contributed by atoms with Crippen LogP contribution < -0.4 is 0 Å². The summed E-state index contributed by atoms with van der Waals surface area (Å²) in [5.41, 5.74) is 0.798. The topological polar surface area (TPSA) is 93.3 Å². The van der Waals surface area contributed by atoms with Crippen molar-refractivity contribution in [2.24, 2.45) is 0 Å². The van der Waals surface area contributed by atoms with Gasteiger partial charge in [-0.05, 0) is 12.1 Å². The molecule has 1 N–H and O–H groups in total. The summed E-state index contributed by atoms with van der Waals surface area (Å²) in [7, 11) is -3.17. The third-order valence-corrected chi connectivity index (χ3v) is 6.03. The highest BCUT2D eigenvalue weighted by Gasteiger charge is 2.38. The number of aliphatic hydroxyl groups is 1. The molecule has 0 aliphatic carbocycles. The Morgan fingerprint density at radius 3 is 2.60 bits per heavy atom. The van der Waals surface area contributed by atoms with Crippen LogP contribution in [0.15, 0.2) is 40.0 Å². The van der Waals surface area contributed by atoms with E-state index in [-0.39, 0.29) is 16.7 Å². The molecule has 1 aromatic heterocycles. The fraction of sp³-hybridized carbons (Fsp3) is 0.333. The van der Waals surface area contributed by atoms with Crippen molar-refractivity contribution in [3.63, 3.8) is 0 Å². The van der Waals surface area contributed by atoms with Crippen LogP contribution in [0.4, 0.5) is 0 Å². The summed E-state index contributed by atoms with van der Waals surface area (Å²) in [6, 6.07) is 9.29. The molecular formula is C12H12N2O4S2. The quantitative estimate of drug-likeness (QED) is 0.903. The number of aromatic nitrogens is 2. The highest BCUT2D eigenvalue weighted by molar-refractivity contribution is 8.01. The second kappa shape index (κ2) is 5.19. The second-order valence-corrected chi connectivity index (χ2v) is 7.88. The van der Waals surface area contributed by atoms with Crippen molar-refractivity contribution in [2.75, 3.05) is 11.5 Å². The van der Waals surface area contributed by atoms with Gasteiger partial charge in [0.2, 0.25) is 5.89 Å². The molecule has 6 nitrogen and oxygen atoms in total. The maximum Gasteiger partial charge on any atom is 0.277 e. The lowest BCUT2D eigenvalue weighted by Gasteiger charge is -2.07. The van der Waals surface area contributed by atoms with Gasteiger partial charge in [-0.25, -0.2) is 8.42 Å². The van der Waals surface area contributed by atoms with Crippen LogP contribution in [-0.4, -0.2) is 46.6 Å². The molecule has 2 aromatic rings. The van der Waals surface area contributed by atoms with Gasteiger partial charge in [-0.1, -0.05) is 30.0 Å². The van der Waals surface area contributed by atoms with E-state index >= 15 is 0 Å². The predicted octanol–water partition coefficient (Wildman–Crippen LogP) is 0.987. The van der Waals surface area contributed by atoms with Gasteiger partial charge < -0.3 is 9.52 Å². The van der Waals surface area contributed by atoms with Gasteiger partial charge in [0.15, 0.2) is 9.84 Å². The van der Waals surface area contributed by atoms with Crippen molar-refractivity contribution >= 4 is 21.6 Å². The highest BCUT2D eigenvalue weighted by atomic mass is 32.2. The summed E-state index contributed by atoms with van der Waals surface area (Å²) in [4.78, 5) is 0. The zero-order valence-corrected chi connectivity index (χ0v) is 12.0. The smallest absolute Gasteiger partial charge is 0.277 e. The van der Waals surface area contributed by atoms with E-state index in [9.17, 15) is 13.5 Å². The van der Waals surface area contributed by atoms with Crippen molar-refractivity contribution < 1.29 is 17.9 Å². The van der Waals surface area contributed by atoms with E-state index in [1.807, 2.05) is 30.3 Å². The number of hydrogen-bond donors (Lipinski definition) is 1. The number of rotatable bonds is 3. The molecule has 0 amide bonds. The normalized spacial score (nSPS) is 24.9. The molecule has 1 saturated heterocycles. The Morgan fingerprint density at radius 2 is 1.95 bits per heavy atom. The van der Waals surface area contributed by atoms with Crippen LogP contribution in [0.5, 0.6) is 0 Å². The molecule has 1 aliphatic rings. The molecule has 1 aromatic carbocycles. The van der Waals surface area contributed by atoms with E-state index in [0.29, 0.717) is 5.89 Å². The van der Waals surface area contributed by atoms with Crippen molar-refractivity contribution in [2.45, 2.75) is 16.6 Å². The summed E-state index contributed by atoms with van der Waals surface area (Å²) in [6.45, 7) is 0. The first-order valence-corrected chi connectivity index (χ1v) is 8.68. The van der Waals surface area contributed by atoms with Crippen LogP contribution >= 0.6 is 11.8 Å². The zero-order valence-electron chi connectivity index (χ0n) is 10.3. The van der Waals surface area contributed by atoms with Crippen molar-refractivity contribution in [3.05, 3.63) is 30.3 Å². The SMILES string of the molecule is O=S1(=O)C[C@@H](O)[C@H](Sc2nnc(-c3ccccc3)o2)C1. The average molecular weight is 312 g/mol. The van der Waals surface area contributed by atoms with Crippen LogP contribution in [0.2, 0.25) is 0 Å². The monoisotopic (exact) mass is 312 g/mol. The molecule has 0 bridgehead atoms. The molecule has 3 rings (SSSR count). The van der Waals surface area contributed by atoms with Crippen LogP contribution in [0.1, 0.15) is 0 Å². The molecule has 0 unspecified atom stereocenters. The largest absolute Gasteiger partial charge is 0.411 e. The number of aliphatic hydroxyl groups excluding tert-OH is 1. The third kappa shape index (κ3) is 2.87. The Labute approximate surface area is 120 Å². The highest BCUT2D eigenvalue weighted by Crippen LogP contribution is 2.31. The lowest BCUT2D eigenvalue weighted by atomic mass is 10.2. The van der Waals surface area contributed by atoms with Crippen molar-refractivity contribution in [1.29, 1.82) is 0 Å². The standard InChI is InChI=1S/C12H12N2O4S2/c15-9-6-20(16,17)7-10(9)19-12-14-13-11(18-12)8-4-2-1-3-5-8/h1-5,9-10,15H,6-7H2/t9-,10-/m1/s1. The van der Waals surface area contributed by atoms with Gasteiger partial charge in [0.25, 0.3) is 5.22 Å². The van der Waals surface area contributed by atoms with E-state index in [1.165, 1.54) is 0 Å². The van der Waals surface area contributed by atoms with E-state index < -0.39 is 21.2 Å². The summed E-state index contributed by atoms with van der Waals surface area (Å²) in [5, 5.41) is 17.3. The van der Waals surface area contributed by atoms with E-state index in [2.05, 4.69) is 10.2 Å². The van der Waals surface area contributed by atoms with Gasteiger partial charge in [0.1, 0.15) is 0 Å². The van der Waals surface area contributed by atoms with Crippen LogP contribution in [0, 0.1) is 0 Å². The lowest BCUT2D eigenvalue weighted by Crippen LogP contribution is -2.19. The van der Waals surface area contributed by atoms with Crippen molar-refractivity contribution in [3.8, 4) is 11.5 Å². The number of benzene rings is 1. The van der Waals surface area contributed by atoms with E-state index in [1.54, 1.807) is 0 Å². The van der Waals surface area contributed by atoms with Gasteiger partial charge in [0.05, 0.1) is 22.9 Å². The Balaban J connectivity index is 1.75. The number of sulfone groups is 1. The van der Waals surface area contributed by atoms with Crippen molar-refractivity contribution in [1.82, 2.24) is 10.2 Å². The first-order chi connectivity index (χ1) is 9.53. The predicted molar refractivity (Wildman–Crippen MR) is 74.0 cm³/mol. The molecular weight excluding hydrogens is 300 g/mol. The molecule has 2 atom stereocenters. The molecule has 1 aliphatic heterocycles. The fourth-order valence-corrected chi connectivity index (χ4v) is 5.35. The fourth-order valence-electron chi connectivity index (χ4n) is 1.99. The maximum atomic E-state index is 11.4. The Hall–Kier alpha value is -1.38. The molecule has 8 heteroatoms. The Morgan fingerprint density at radius 1 is 1.20 bits per heavy atom. The summed E-state index contributed by atoms with van der Waals surface area (Å²) < 4.78 is 28.3. The van der Waals surface area contributed by atoms with Crippen LogP contribution in [-0.2, 0) is 9.84 Å². The van der Waals surface area contributed by atoms with Gasteiger partial charge in [0, 0.05) is 5.56 Å². The van der Waals surface area contributed by atoms with Gasteiger partial charge in [-0.2, -0.15) is 0 Å². The number of nitrogens with zero attached hydrogens (tertiary/aromatic N) is 2. The average Bonchev–Trinajstić information content (AvgIpc) is 2.96. The molecule has 2 heterocycles. The van der Waals surface area contributed by atoms with Crippen LogP contribution in [0.3, 0.4) is 0 Å². The molecule has 106 valence electrons.